The third-order valence-corrected chi connectivity index (χ3v) is 7.06. The zero-order valence-electron chi connectivity index (χ0n) is 21.9. The largest absolute Gasteiger partial charge is 0.480 e. The van der Waals surface area contributed by atoms with Crippen LogP contribution in [0.25, 0.3) is 21.0 Å². The Hall–Kier alpha value is -3.16. The predicted octanol–water partition coefficient (Wildman–Crippen LogP) is 7.96. The Balaban J connectivity index is 0.000000552. The molecule has 0 amide bonds. The van der Waals surface area contributed by atoms with Crippen LogP contribution < -0.4 is 5.32 Å². The molecule has 5 nitrogen and oxygen atoms in total. The van der Waals surface area contributed by atoms with Gasteiger partial charge in [0.1, 0.15) is 15.4 Å². The van der Waals surface area contributed by atoms with Gasteiger partial charge in [0.25, 0.3) is 0 Å². The lowest BCUT2D eigenvalue weighted by Gasteiger charge is -2.18. The Morgan fingerprint density at radius 3 is 2.17 bits per heavy atom. The van der Waals surface area contributed by atoms with Gasteiger partial charge in [-0.05, 0) is 51.8 Å². The van der Waals surface area contributed by atoms with Crippen molar-refractivity contribution in [3.63, 3.8) is 0 Å². The van der Waals surface area contributed by atoms with Gasteiger partial charge in [-0.3, -0.25) is 9.59 Å². The van der Waals surface area contributed by atoms with Crippen LogP contribution in [0.5, 0.6) is 0 Å². The highest BCUT2D eigenvalue weighted by Gasteiger charge is 2.28. The van der Waals surface area contributed by atoms with Crippen LogP contribution in [0, 0.1) is 0 Å². The quantitative estimate of drug-likeness (QED) is 0.177. The van der Waals surface area contributed by atoms with Crippen molar-refractivity contribution in [1.82, 2.24) is 10.3 Å². The molecular weight excluding hydrogens is 488 g/mol. The first-order valence-corrected chi connectivity index (χ1v) is 13.2. The number of rotatable bonds is 8. The smallest absolute Gasteiger partial charge is 0.319 e. The average Bonchev–Trinajstić information content (AvgIpc) is 3.30. The van der Waals surface area contributed by atoms with Gasteiger partial charge in [0.15, 0.2) is 6.29 Å². The minimum Gasteiger partial charge on any atom is -0.480 e. The highest BCUT2D eigenvalue weighted by atomic mass is 32.2. The van der Waals surface area contributed by atoms with Gasteiger partial charge >= 0.3 is 5.97 Å². The maximum Gasteiger partial charge on any atom is 0.319 e. The van der Waals surface area contributed by atoms with Crippen LogP contribution in [0.3, 0.4) is 0 Å². The van der Waals surface area contributed by atoms with Gasteiger partial charge in [0.2, 0.25) is 0 Å². The van der Waals surface area contributed by atoms with E-state index in [1.54, 1.807) is 19.9 Å². The van der Waals surface area contributed by atoms with E-state index in [9.17, 15) is 14.7 Å². The monoisotopic (exact) mass is 524 g/mol. The number of carbonyl (C=O) groups is 2. The summed E-state index contributed by atoms with van der Waals surface area (Å²) in [5.41, 5.74) is 3.55. The van der Waals surface area contributed by atoms with Crippen LogP contribution >= 0.6 is 23.1 Å². The maximum absolute atomic E-state index is 11.4. The number of aliphatic carboxylic acids is 1. The average molecular weight is 525 g/mol. The lowest BCUT2D eigenvalue weighted by atomic mass is 10.1. The number of nitrogens with one attached hydrogen (secondary N) is 1. The summed E-state index contributed by atoms with van der Waals surface area (Å²) < 4.78 is -0.895. The molecule has 0 radical (unpaired) electrons. The number of allylic oxidation sites excluding steroid dienone is 3. The van der Waals surface area contributed by atoms with Gasteiger partial charge in [-0.25, -0.2) is 4.98 Å². The summed E-state index contributed by atoms with van der Waals surface area (Å²) in [6.07, 6.45) is 5.80. The number of carboxylic acid groups (broad SMARTS) is 1. The van der Waals surface area contributed by atoms with Crippen molar-refractivity contribution in [2.24, 2.45) is 0 Å². The molecule has 0 fully saturated rings. The molecule has 0 atom stereocenters. The highest BCUT2D eigenvalue weighted by molar-refractivity contribution is 8.01. The summed E-state index contributed by atoms with van der Waals surface area (Å²) in [6.45, 7) is 12.8. The van der Waals surface area contributed by atoms with Crippen molar-refractivity contribution in [1.29, 1.82) is 0 Å². The Morgan fingerprint density at radius 1 is 1.14 bits per heavy atom. The molecule has 0 aliphatic rings. The van der Waals surface area contributed by atoms with Crippen LogP contribution in [0.2, 0.25) is 0 Å². The summed E-state index contributed by atoms with van der Waals surface area (Å²) in [5, 5.41) is 13.0. The van der Waals surface area contributed by atoms with E-state index in [2.05, 4.69) is 36.8 Å². The number of aromatic nitrogens is 1. The molecule has 2 aromatic carbocycles. The van der Waals surface area contributed by atoms with Gasteiger partial charge in [-0.15, -0.1) is 29.7 Å². The fraction of sp³-hybridized carbons (Fsp3) is 0.276. The van der Waals surface area contributed by atoms with E-state index in [0.717, 1.165) is 38.6 Å². The molecule has 0 aliphatic heterocycles. The molecule has 1 aromatic heterocycles. The molecule has 0 unspecified atom stereocenters. The van der Waals surface area contributed by atoms with E-state index in [0.29, 0.717) is 5.69 Å². The maximum atomic E-state index is 11.4. The second-order valence-corrected chi connectivity index (χ2v) is 10.8. The number of carbonyl (C=O) groups excluding carboxylic acids is 1. The normalized spacial score (nSPS) is 10.8. The number of thiazole rings is 1. The van der Waals surface area contributed by atoms with Crippen LogP contribution in [0.1, 0.15) is 51.5 Å². The van der Waals surface area contributed by atoms with Crippen molar-refractivity contribution in [3.8, 4) is 21.0 Å². The number of benzene rings is 2. The molecule has 2 N–H and O–H groups in total. The van der Waals surface area contributed by atoms with E-state index in [1.165, 1.54) is 28.8 Å². The first-order chi connectivity index (χ1) is 17.1. The molecule has 3 aromatic rings. The minimum absolute atomic E-state index is 0.432. The van der Waals surface area contributed by atoms with Gasteiger partial charge in [0, 0.05) is 23.2 Å². The van der Waals surface area contributed by atoms with Crippen LogP contribution in [0.15, 0.2) is 83.9 Å². The summed E-state index contributed by atoms with van der Waals surface area (Å²) in [4.78, 5) is 28.8. The Bertz CT molecular complexity index is 1140. The first-order valence-electron chi connectivity index (χ1n) is 11.6. The Kier molecular flexibility index (Phi) is 13.5. The van der Waals surface area contributed by atoms with Crippen LogP contribution in [-0.4, -0.2) is 34.1 Å². The third-order valence-electron chi connectivity index (χ3n) is 4.69. The van der Waals surface area contributed by atoms with Gasteiger partial charge in [-0.1, -0.05) is 61.5 Å². The van der Waals surface area contributed by atoms with Gasteiger partial charge in [0.05, 0.1) is 4.88 Å². The van der Waals surface area contributed by atoms with Crippen molar-refractivity contribution < 1.29 is 14.7 Å². The van der Waals surface area contributed by atoms with Crippen LogP contribution in [0.4, 0.5) is 0 Å². The summed E-state index contributed by atoms with van der Waals surface area (Å²) in [6, 6.07) is 17.3. The summed E-state index contributed by atoms with van der Waals surface area (Å²) in [7, 11) is 1.93. The number of carboxylic acids is 1. The number of hydrogen-bond donors (Lipinski definition) is 2. The van der Waals surface area contributed by atoms with E-state index in [1.807, 2.05) is 68.6 Å². The van der Waals surface area contributed by atoms with E-state index in [4.69, 9.17) is 0 Å². The standard InChI is InChI=1S/C20H17NO3S2.C6H13N.C3H6/c1-20(2,19(23)24)26-15-10-8-14(9-11-15)18-21-16(12-22)17(25-18)13-6-4-3-5-7-13;1-4-5-6(2)7-3;1-3-2/h3-12H,1-2H3,(H,23,24);5,7H,4H2,1-3H3;3H,1H2,2H3/b;6-5+;. The molecule has 1 heterocycles. The number of thioether (sulfide) groups is 1. The second kappa shape index (κ2) is 15.8. The van der Waals surface area contributed by atoms with E-state index < -0.39 is 10.7 Å². The molecule has 0 spiro atoms. The molecule has 0 saturated carbocycles. The fourth-order valence-corrected chi connectivity index (χ4v) is 4.74. The lowest BCUT2D eigenvalue weighted by molar-refractivity contribution is -0.138. The van der Waals surface area contributed by atoms with Crippen molar-refractivity contribution >= 4 is 35.4 Å². The van der Waals surface area contributed by atoms with Crippen molar-refractivity contribution in [2.45, 2.75) is 50.7 Å². The molecular formula is C29H36N2O3S2. The number of hydrogen-bond acceptors (Lipinski definition) is 6. The Labute approximate surface area is 223 Å². The summed E-state index contributed by atoms with van der Waals surface area (Å²) >= 11 is 2.77. The fourth-order valence-electron chi connectivity index (χ4n) is 2.74. The molecule has 0 saturated heterocycles. The molecule has 36 heavy (non-hydrogen) atoms. The SMILES string of the molecule is C=CC.CC(C)(Sc1ccc(-c2nc(C=O)c(-c3ccccc3)s2)cc1)C(=O)O.CC/C=C(\C)NC. The molecule has 192 valence electrons. The van der Waals surface area contributed by atoms with Gasteiger partial charge < -0.3 is 10.4 Å². The zero-order valence-corrected chi connectivity index (χ0v) is 23.5. The minimum atomic E-state index is -0.895. The van der Waals surface area contributed by atoms with Crippen molar-refractivity contribution in [3.05, 3.63) is 84.7 Å². The topological polar surface area (TPSA) is 79.3 Å². The second-order valence-electron chi connectivity index (χ2n) is 8.11. The predicted molar refractivity (Wildman–Crippen MR) is 155 cm³/mol. The summed E-state index contributed by atoms with van der Waals surface area (Å²) in [5.74, 6) is -0.852. The molecule has 0 bridgehead atoms. The lowest BCUT2D eigenvalue weighted by Crippen LogP contribution is -2.26. The van der Waals surface area contributed by atoms with Gasteiger partial charge in [-0.2, -0.15) is 0 Å². The molecule has 3 rings (SSSR count). The Morgan fingerprint density at radius 2 is 1.72 bits per heavy atom. The molecule has 0 aliphatic carbocycles. The highest BCUT2D eigenvalue weighted by Crippen LogP contribution is 2.37. The number of nitrogens with zero attached hydrogens (tertiary/aromatic N) is 1. The molecule has 7 heteroatoms. The zero-order chi connectivity index (χ0) is 27.1. The first kappa shape index (κ1) is 30.9. The van der Waals surface area contributed by atoms with E-state index in [-0.39, 0.29) is 0 Å². The van der Waals surface area contributed by atoms with Crippen molar-refractivity contribution in [2.75, 3.05) is 7.05 Å². The third kappa shape index (κ3) is 9.84. The number of aldehydes is 1. The van der Waals surface area contributed by atoms with Crippen LogP contribution in [-0.2, 0) is 4.79 Å². The van der Waals surface area contributed by atoms with E-state index >= 15 is 0 Å².